The molecule has 3 nitrogen and oxygen atoms in total. The fourth-order valence-electron chi connectivity index (χ4n) is 1.79. The first-order valence-corrected chi connectivity index (χ1v) is 7.11. The van der Waals surface area contributed by atoms with Gasteiger partial charge < -0.3 is 9.73 Å². The van der Waals surface area contributed by atoms with Crippen molar-refractivity contribution in [2.75, 3.05) is 13.1 Å². The number of nitrogens with one attached hydrogen (secondary N) is 1. The van der Waals surface area contributed by atoms with E-state index in [1.807, 2.05) is 0 Å². The number of hydrogen-bond donors (Lipinski definition) is 1. The molecule has 2 rings (SSSR count). The average Bonchev–Trinajstić information content (AvgIpc) is 2.87. The number of halogens is 2. The number of hydrogen-bond acceptors (Lipinski definition) is 3. The molecule has 5 heteroatoms. The summed E-state index contributed by atoms with van der Waals surface area (Å²) >= 11 is 3.23. The highest BCUT2D eigenvalue weighted by atomic mass is 79.9. The van der Waals surface area contributed by atoms with E-state index < -0.39 is 0 Å². The second-order valence-corrected chi connectivity index (χ2v) is 4.97. The van der Waals surface area contributed by atoms with E-state index in [-0.39, 0.29) is 5.82 Å². The number of nitrogens with zero attached hydrogens (tertiary/aromatic N) is 1. The summed E-state index contributed by atoms with van der Waals surface area (Å²) in [6.07, 6.45) is 3.39. The first-order chi connectivity index (χ1) is 9.22. The third-order valence-corrected chi connectivity index (χ3v) is 3.57. The normalized spacial score (nSPS) is 10.9. The van der Waals surface area contributed by atoms with Gasteiger partial charge in [-0.2, -0.15) is 0 Å². The SMILES string of the molecule is CCNCCCc1ncc(-c2cccc(F)c2Br)o1. The molecule has 1 N–H and O–H groups in total. The molecule has 19 heavy (non-hydrogen) atoms. The molecule has 1 aromatic heterocycles. The van der Waals surface area contributed by atoms with Gasteiger partial charge in [0.1, 0.15) is 5.82 Å². The number of oxazole rings is 1. The maximum absolute atomic E-state index is 13.4. The van der Waals surface area contributed by atoms with Crippen LogP contribution in [0.1, 0.15) is 19.2 Å². The molecule has 1 aromatic carbocycles. The quantitative estimate of drug-likeness (QED) is 0.821. The van der Waals surface area contributed by atoms with Crippen molar-refractivity contribution in [3.05, 3.63) is 40.6 Å². The van der Waals surface area contributed by atoms with Crippen LogP contribution in [0, 0.1) is 5.82 Å². The molecule has 0 radical (unpaired) electrons. The predicted molar refractivity (Wildman–Crippen MR) is 76.5 cm³/mol. The van der Waals surface area contributed by atoms with E-state index in [0.29, 0.717) is 21.7 Å². The van der Waals surface area contributed by atoms with Crippen LogP contribution in [-0.4, -0.2) is 18.1 Å². The summed E-state index contributed by atoms with van der Waals surface area (Å²) in [5.74, 6) is 0.969. The highest BCUT2D eigenvalue weighted by Crippen LogP contribution is 2.30. The Kier molecular flexibility index (Phi) is 5.10. The van der Waals surface area contributed by atoms with Gasteiger partial charge in [0.05, 0.1) is 10.7 Å². The van der Waals surface area contributed by atoms with Crippen LogP contribution < -0.4 is 5.32 Å². The highest BCUT2D eigenvalue weighted by molar-refractivity contribution is 9.10. The Morgan fingerprint density at radius 2 is 2.26 bits per heavy atom. The third-order valence-electron chi connectivity index (χ3n) is 2.76. The zero-order valence-corrected chi connectivity index (χ0v) is 12.3. The monoisotopic (exact) mass is 326 g/mol. The number of aromatic nitrogens is 1. The summed E-state index contributed by atoms with van der Waals surface area (Å²) in [6, 6.07) is 4.86. The van der Waals surface area contributed by atoms with Crippen molar-refractivity contribution >= 4 is 15.9 Å². The molecule has 0 fully saturated rings. The lowest BCUT2D eigenvalue weighted by molar-refractivity contribution is 0.492. The summed E-state index contributed by atoms with van der Waals surface area (Å²) in [6.45, 7) is 3.98. The van der Waals surface area contributed by atoms with Crippen molar-refractivity contribution in [3.8, 4) is 11.3 Å². The number of rotatable bonds is 6. The Labute approximate surface area is 120 Å². The Morgan fingerprint density at radius 3 is 3.05 bits per heavy atom. The van der Waals surface area contributed by atoms with Crippen molar-refractivity contribution in [2.45, 2.75) is 19.8 Å². The van der Waals surface area contributed by atoms with E-state index in [1.165, 1.54) is 6.07 Å². The minimum atomic E-state index is -0.303. The standard InChI is InChI=1S/C14H16BrFN2O/c1-2-17-8-4-7-13-18-9-12(19-13)10-5-3-6-11(16)14(10)15/h3,5-6,9,17H,2,4,7-8H2,1H3. The first-order valence-electron chi connectivity index (χ1n) is 6.32. The summed E-state index contributed by atoms with van der Waals surface area (Å²) < 4.78 is 19.5. The second kappa shape index (κ2) is 6.82. The molecule has 0 aliphatic carbocycles. The van der Waals surface area contributed by atoms with Crippen LogP contribution >= 0.6 is 15.9 Å². The summed E-state index contributed by atoms with van der Waals surface area (Å²) in [5, 5.41) is 3.25. The molecule has 0 amide bonds. The molecular formula is C14H16BrFN2O. The fraction of sp³-hybridized carbons (Fsp3) is 0.357. The van der Waals surface area contributed by atoms with E-state index in [1.54, 1.807) is 18.3 Å². The van der Waals surface area contributed by atoms with Gasteiger partial charge in [0.25, 0.3) is 0 Å². The van der Waals surface area contributed by atoms with Gasteiger partial charge in [0.15, 0.2) is 11.7 Å². The molecular weight excluding hydrogens is 311 g/mol. The van der Waals surface area contributed by atoms with Crippen molar-refractivity contribution in [3.63, 3.8) is 0 Å². The lowest BCUT2D eigenvalue weighted by Crippen LogP contribution is -2.14. The molecule has 0 bridgehead atoms. The van der Waals surface area contributed by atoms with E-state index in [9.17, 15) is 4.39 Å². The van der Waals surface area contributed by atoms with Gasteiger partial charge >= 0.3 is 0 Å². The predicted octanol–water partition coefficient (Wildman–Crippen LogP) is 3.79. The average molecular weight is 327 g/mol. The Bertz CT molecular complexity index is 542. The van der Waals surface area contributed by atoms with Crippen molar-refractivity contribution < 1.29 is 8.81 Å². The lowest BCUT2D eigenvalue weighted by atomic mass is 10.2. The third kappa shape index (κ3) is 3.64. The van der Waals surface area contributed by atoms with Crippen LogP contribution in [0.15, 0.2) is 33.3 Å². The van der Waals surface area contributed by atoms with Crippen LogP contribution in [0.2, 0.25) is 0 Å². The first kappa shape index (κ1) is 14.2. The molecule has 1 heterocycles. The largest absolute Gasteiger partial charge is 0.441 e. The fourth-order valence-corrected chi connectivity index (χ4v) is 2.25. The van der Waals surface area contributed by atoms with Gasteiger partial charge in [0.2, 0.25) is 0 Å². The number of benzene rings is 1. The van der Waals surface area contributed by atoms with E-state index in [0.717, 1.165) is 25.9 Å². The van der Waals surface area contributed by atoms with Gasteiger partial charge in [-0.25, -0.2) is 9.37 Å². The topological polar surface area (TPSA) is 38.1 Å². The summed E-state index contributed by atoms with van der Waals surface area (Å²) in [4.78, 5) is 4.22. The maximum Gasteiger partial charge on any atom is 0.194 e. The summed E-state index contributed by atoms with van der Waals surface area (Å²) in [7, 11) is 0. The second-order valence-electron chi connectivity index (χ2n) is 4.18. The maximum atomic E-state index is 13.4. The molecule has 0 unspecified atom stereocenters. The Balaban J connectivity index is 2.06. The molecule has 0 saturated carbocycles. The van der Waals surface area contributed by atoms with Crippen molar-refractivity contribution in [1.29, 1.82) is 0 Å². The molecule has 0 atom stereocenters. The van der Waals surface area contributed by atoms with Crippen LogP contribution in [0.25, 0.3) is 11.3 Å². The lowest BCUT2D eigenvalue weighted by Gasteiger charge is -2.01. The van der Waals surface area contributed by atoms with E-state index in [2.05, 4.69) is 33.2 Å². The molecule has 2 aromatic rings. The van der Waals surface area contributed by atoms with Crippen LogP contribution in [0.4, 0.5) is 4.39 Å². The van der Waals surface area contributed by atoms with Crippen molar-refractivity contribution in [2.24, 2.45) is 0 Å². The molecule has 0 saturated heterocycles. The highest BCUT2D eigenvalue weighted by Gasteiger charge is 2.12. The van der Waals surface area contributed by atoms with Crippen LogP contribution in [0.3, 0.4) is 0 Å². The summed E-state index contributed by atoms with van der Waals surface area (Å²) in [5.41, 5.74) is 0.686. The van der Waals surface area contributed by atoms with Gasteiger partial charge in [-0.1, -0.05) is 13.0 Å². The minimum Gasteiger partial charge on any atom is -0.441 e. The van der Waals surface area contributed by atoms with Gasteiger partial charge in [-0.05, 0) is 47.6 Å². The van der Waals surface area contributed by atoms with E-state index >= 15 is 0 Å². The van der Waals surface area contributed by atoms with Gasteiger partial charge in [0, 0.05) is 12.0 Å². The Hall–Kier alpha value is -1.20. The van der Waals surface area contributed by atoms with Gasteiger partial charge in [-0.15, -0.1) is 0 Å². The zero-order chi connectivity index (χ0) is 13.7. The molecule has 102 valence electrons. The van der Waals surface area contributed by atoms with Crippen molar-refractivity contribution in [1.82, 2.24) is 10.3 Å². The van der Waals surface area contributed by atoms with Gasteiger partial charge in [-0.3, -0.25) is 0 Å². The minimum absolute atomic E-state index is 0.303. The molecule has 0 aliphatic heterocycles. The zero-order valence-electron chi connectivity index (χ0n) is 10.7. The molecule has 0 spiro atoms. The molecule has 0 aliphatic rings. The number of aryl methyl sites for hydroxylation is 1. The smallest absolute Gasteiger partial charge is 0.194 e. The van der Waals surface area contributed by atoms with E-state index in [4.69, 9.17) is 4.42 Å². The van der Waals surface area contributed by atoms with Crippen LogP contribution in [0.5, 0.6) is 0 Å². The Morgan fingerprint density at radius 1 is 1.42 bits per heavy atom. The van der Waals surface area contributed by atoms with Crippen LogP contribution in [-0.2, 0) is 6.42 Å².